The summed E-state index contributed by atoms with van der Waals surface area (Å²) in [6, 6.07) is 5.89. The van der Waals surface area contributed by atoms with Crippen molar-refractivity contribution in [1.82, 2.24) is 15.5 Å². The van der Waals surface area contributed by atoms with Crippen LogP contribution >= 0.6 is 0 Å². The molecule has 1 amide bonds. The number of piperazine rings is 1. The number of benzene rings is 1. The first-order valence-corrected chi connectivity index (χ1v) is 7.97. The first-order chi connectivity index (χ1) is 11.4. The number of hydrogen-bond donors (Lipinski definition) is 2. The fourth-order valence-corrected chi connectivity index (χ4v) is 2.56. The summed E-state index contributed by atoms with van der Waals surface area (Å²) in [5.41, 5.74) is 0.368. The summed E-state index contributed by atoms with van der Waals surface area (Å²) in [7, 11) is 0. The normalized spacial score (nSPS) is 16.0. The number of amides is 1. The third kappa shape index (κ3) is 6.76. The van der Waals surface area contributed by atoms with Crippen LogP contribution in [0.25, 0.3) is 0 Å². The van der Waals surface area contributed by atoms with Gasteiger partial charge in [-0.25, -0.2) is 0 Å². The summed E-state index contributed by atoms with van der Waals surface area (Å²) in [5, 5.41) is 6.06. The average Bonchev–Trinajstić information content (AvgIpc) is 2.54. The van der Waals surface area contributed by atoms with Crippen molar-refractivity contribution in [3.8, 4) is 5.75 Å². The molecular formula is C16H22F3N3O2. The Bertz CT molecular complexity index is 532. The van der Waals surface area contributed by atoms with Crippen LogP contribution in [0.2, 0.25) is 0 Å². The third-order valence-electron chi connectivity index (χ3n) is 3.78. The number of aryl methyl sites for hydroxylation is 1. The van der Waals surface area contributed by atoms with Crippen LogP contribution in [0.5, 0.6) is 5.75 Å². The van der Waals surface area contributed by atoms with E-state index < -0.39 is 6.36 Å². The summed E-state index contributed by atoms with van der Waals surface area (Å²) >= 11 is 0. The number of carbonyl (C=O) groups excluding carboxylic acids is 1. The van der Waals surface area contributed by atoms with E-state index in [0.29, 0.717) is 12.1 Å². The highest BCUT2D eigenvalue weighted by Crippen LogP contribution is 2.26. The second-order valence-electron chi connectivity index (χ2n) is 5.60. The van der Waals surface area contributed by atoms with Crippen molar-refractivity contribution < 1.29 is 22.7 Å². The van der Waals surface area contributed by atoms with Crippen molar-refractivity contribution in [2.75, 3.05) is 39.3 Å². The van der Waals surface area contributed by atoms with E-state index in [9.17, 15) is 18.0 Å². The van der Waals surface area contributed by atoms with Gasteiger partial charge < -0.3 is 15.4 Å². The van der Waals surface area contributed by atoms with Crippen LogP contribution in [0, 0.1) is 0 Å². The molecule has 0 aliphatic carbocycles. The van der Waals surface area contributed by atoms with Gasteiger partial charge in [-0.1, -0.05) is 18.2 Å². The van der Waals surface area contributed by atoms with Gasteiger partial charge in [-0.15, -0.1) is 13.2 Å². The zero-order valence-corrected chi connectivity index (χ0v) is 13.4. The third-order valence-corrected chi connectivity index (χ3v) is 3.78. The smallest absolute Gasteiger partial charge is 0.406 e. The molecule has 0 atom stereocenters. The van der Waals surface area contributed by atoms with Gasteiger partial charge in [0.1, 0.15) is 5.75 Å². The van der Waals surface area contributed by atoms with Crippen molar-refractivity contribution in [3.63, 3.8) is 0 Å². The fourth-order valence-electron chi connectivity index (χ4n) is 2.56. The van der Waals surface area contributed by atoms with E-state index in [1.807, 2.05) is 0 Å². The molecule has 0 saturated carbocycles. The molecule has 1 aliphatic rings. The lowest BCUT2D eigenvalue weighted by Crippen LogP contribution is -2.46. The molecule has 2 rings (SSSR count). The number of carbonyl (C=O) groups is 1. The van der Waals surface area contributed by atoms with Crippen molar-refractivity contribution in [2.24, 2.45) is 0 Å². The van der Waals surface area contributed by atoms with Gasteiger partial charge in [0.05, 0.1) is 0 Å². The van der Waals surface area contributed by atoms with Crippen LogP contribution in [0.15, 0.2) is 24.3 Å². The average molecular weight is 345 g/mol. The van der Waals surface area contributed by atoms with Crippen LogP contribution in [0.3, 0.4) is 0 Å². The van der Waals surface area contributed by atoms with Crippen molar-refractivity contribution in [3.05, 3.63) is 29.8 Å². The Morgan fingerprint density at radius 2 is 1.96 bits per heavy atom. The predicted octanol–water partition coefficient (Wildman–Crippen LogP) is 1.54. The van der Waals surface area contributed by atoms with Gasteiger partial charge in [-0.05, 0) is 18.1 Å². The highest BCUT2D eigenvalue weighted by Gasteiger charge is 2.31. The number of para-hydroxylation sites is 1. The highest BCUT2D eigenvalue weighted by molar-refractivity contribution is 5.76. The van der Waals surface area contributed by atoms with Gasteiger partial charge in [-0.3, -0.25) is 9.69 Å². The Labute approximate surface area is 139 Å². The predicted molar refractivity (Wildman–Crippen MR) is 83.8 cm³/mol. The first-order valence-electron chi connectivity index (χ1n) is 7.97. The van der Waals surface area contributed by atoms with E-state index in [2.05, 4.69) is 20.3 Å². The number of hydrogen-bond acceptors (Lipinski definition) is 4. The molecule has 1 aromatic rings. The van der Waals surface area contributed by atoms with Crippen molar-refractivity contribution in [1.29, 1.82) is 0 Å². The Balaban J connectivity index is 1.73. The van der Waals surface area contributed by atoms with E-state index in [0.717, 1.165) is 32.7 Å². The number of halogens is 3. The molecule has 1 saturated heterocycles. The van der Waals surface area contributed by atoms with Gasteiger partial charge in [0.2, 0.25) is 5.91 Å². The van der Waals surface area contributed by atoms with Crippen LogP contribution in [-0.4, -0.2) is 56.4 Å². The molecule has 5 nitrogen and oxygen atoms in total. The Kier molecular flexibility index (Phi) is 6.86. The van der Waals surface area contributed by atoms with Crippen LogP contribution in [0.4, 0.5) is 13.2 Å². The zero-order valence-electron chi connectivity index (χ0n) is 13.4. The minimum atomic E-state index is -4.73. The van der Waals surface area contributed by atoms with Crippen LogP contribution in [-0.2, 0) is 11.2 Å². The number of nitrogens with zero attached hydrogens (tertiary/aromatic N) is 1. The fraction of sp³-hybridized carbons (Fsp3) is 0.562. The maximum atomic E-state index is 12.4. The molecule has 0 radical (unpaired) electrons. The van der Waals surface area contributed by atoms with E-state index in [4.69, 9.17) is 0 Å². The van der Waals surface area contributed by atoms with E-state index in [-0.39, 0.29) is 24.5 Å². The van der Waals surface area contributed by atoms with Gasteiger partial charge in [0, 0.05) is 45.7 Å². The quantitative estimate of drug-likeness (QED) is 0.787. The Morgan fingerprint density at radius 3 is 2.67 bits per heavy atom. The molecule has 8 heteroatoms. The van der Waals surface area contributed by atoms with Crippen molar-refractivity contribution >= 4 is 5.91 Å². The molecule has 0 aromatic heterocycles. The maximum Gasteiger partial charge on any atom is 0.573 e. The summed E-state index contributed by atoms with van der Waals surface area (Å²) in [5.74, 6) is -0.425. The summed E-state index contributed by atoms with van der Waals surface area (Å²) in [6.45, 7) is 5.13. The first kappa shape index (κ1) is 18.5. The Hall–Kier alpha value is -1.80. The molecule has 24 heavy (non-hydrogen) atoms. The minimum Gasteiger partial charge on any atom is -0.406 e. The summed E-state index contributed by atoms with van der Waals surface area (Å²) in [4.78, 5) is 14.1. The lowest BCUT2D eigenvalue weighted by molar-refractivity contribution is -0.274. The maximum absolute atomic E-state index is 12.4. The molecule has 0 bridgehead atoms. The van der Waals surface area contributed by atoms with Gasteiger partial charge in [0.15, 0.2) is 0 Å². The van der Waals surface area contributed by atoms with E-state index in [1.165, 1.54) is 18.2 Å². The van der Waals surface area contributed by atoms with Crippen molar-refractivity contribution in [2.45, 2.75) is 19.2 Å². The molecule has 1 aromatic carbocycles. The summed E-state index contributed by atoms with van der Waals surface area (Å²) < 4.78 is 41.0. The number of alkyl halides is 3. The lowest BCUT2D eigenvalue weighted by atomic mass is 10.1. The molecule has 1 fully saturated rings. The molecule has 1 aliphatic heterocycles. The van der Waals surface area contributed by atoms with E-state index >= 15 is 0 Å². The molecule has 1 heterocycles. The highest BCUT2D eigenvalue weighted by atomic mass is 19.4. The number of ether oxygens (including phenoxy) is 1. The van der Waals surface area contributed by atoms with Gasteiger partial charge in [0.25, 0.3) is 0 Å². The van der Waals surface area contributed by atoms with Crippen LogP contribution < -0.4 is 15.4 Å². The molecule has 0 spiro atoms. The molecular weight excluding hydrogens is 323 g/mol. The molecule has 134 valence electrons. The second-order valence-corrected chi connectivity index (χ2v) is 5.60. The van der Waals surface area contributed by atoms with Gasteiger partial charge >= 0.3 is 6.36 Å². The molecule has 2 N–H and O–H groups in total. The Morgan fingerprint density at radius 1 is 1.25 bits per heavy atom. The second kappa shape index (κ2) is 8.89. The molecule has 0 unspecified atom stereocenters. The van der Waals surface area contributed by atoms with E-state index in [1.54, 1.807) is 6.07 Å². The number of nitrogens with one attached hydrogen (secondary N) is 2. The minimum absolute atomic E-state index is 0.125. The van der Waals surface area contributed by atoms with Gasteiger partial charge in [-0.2, -0.15) is 0 Å². The largest absolute Gasteiger partial charge is 0.573 e. The topological polar surface area (TPSA) is 53.6 Å². The summed E-state index contributed by atoms with van der Waals surface area (Å²) in [6.07, 6.45) is -4.41. The zero-order chi connectivity index (χ0) is 17.4. The standard InChI is InChI=1S/C16H22F3N3O2/c17-16(18,19)24-14-4-2-1-3-13(14)5-6-15(23)21-9-12-22-10-7-20-8-11-22/h1-4,20H,5-12H2,(H,21,23). The monoisotopic (exact) mass is 345 g/mol. The van der Waals surface area contributed by atoms with Crippen LogP contribution in [0.1, 0.15) is 12.0 Å². The number of rotatable bonds is 7. The SMILES string of the molecule is O=C(CCc1ccccc1OC(F)(F)F)NCCN1CCNCC1. The lowest BCUT2D eigenvalue weighted by Gasteiger charge is -2.27.